The van der Waals surface area contributed by atoms with Crippen molar-refractivity contribution in [3.63, 3.8) is 0 Å². The van der Waals surface area contributed by atoms with Crippen LogP contribution in [-0.4, -0.2) is 18.1 Å². The lowest BCUT2D eigenvalue weighted by Crippen LogP contribution is -2.42. The Hall–Kier alpha value is -0.450. The minimum atomic E-state index is 0.336. The molecule has 0 bridgehead atoms. The molecule has 3 nitrogen and oxygen atoms in total. The van der Waals surface area contributed by atoms with E-state index in [1.54, 1.807) is 11.3 Å². The normalized spacial score (nSPS) is 20.8. The van der Waals surface area contributed by atoms with Crippen LogP contribution in [-0.2, 0) is 0 Å². The largest absolute Gasteiger partial charge is 0.330 e. The van der Waals surface area contributed by atoms with Gasteiger partial charge in [-0.05, 0) is 31.2 Å². The fourth-order valence-corrected chi connectivity index (χ4v) is 3.70. The predicted octanol–water partition coefficient (Wildman–Crippen LogP) is 3.09. The molecule has 0 saturated heterocycles. The maximum Gasteiger partial charge on any atom is 0.109 e. The number of thiazole rings is 1. The second kappa shape index (κ2) is 6.64. The summed E-state index contributed by atoms with van der Waals surface area (Å²) in [5, 5.41) is 6.96. The number of nitrogens with two attached hydrogens (primary N) is 1. The summed E-state index contributed by atoms with van der Waals surface area (Å²) in [6.45, 7) is 4.07. The molecule has 1 aromatic heterocycles. The van der Waals surface area contributed by atoms with Crippen molar-refractivity contribution in [2.75, 3.05) is 13.1 Å². The van der Waals surface area contributed by atoms with E-state index in [0.717, 1.165) is 19.5 Å². The molecule has 2 rings (SSSR count). The van der Waals surface area contributed by atoms with Gasteiger partial charge in [-0.1, -0.05) is 26.2 Å². The van der Waals surface area contributed by atoms with Gasteiger partial charge in [0.15, 0.2) is 0 Å². The van der Waals surface area contributed by atoms with Crippen LogP contribution in [0.5, 0.6) is 0 Å². The van der Waals surface area contributed by atoms with Crippen LogP contribution in [0, 0.1) is 5.41 Å². The van der Waals surface area contributed by atoms with E-state index in [1.165, 1.54) is 37.1 Å². The molecule has 1 aromatic rings. The summed E-state index contributed by atoms with van der Waals surface area (Å²) in [6.07, 6.45) is 9.61. The van der Waals surface area contributed by atoms with Crippen molar-refractivity contribution in [2.24, 2.45) is 11.1 Å². The number of hydrogen-bond donors (Lipinski definition) is 2. The van der Waals surface area contributed by atoms with Gasteiger partial charge in [-0.2, -0.15) is 0 Å². The molecule has 102 valence electrons. The maximum absolute atomic E-state index is 6.03. The molecule has 0 radical (unpaired) electrons. The Kier molecular flexibility index (Phi) is 5.15. The molecule has 1 fully saturated rings. The second-order valence-electron chi connectivity index (χ2n) is 5.48. The van der Waals surface area contributed by atoms with E-state index in [1.807, 2.05) is 6.20 Å². The summed E-state index contributed by atoms with van der Waals surface area (Å²) in [5.41, 5.74) is 6.37. The highest BCUT2D eigenvalue weighted by atomic mass is 32.1. The van der Waals surface area contributed by atoms with E-state index in [2.05, 4.69) is 22.6 Å². The number of rotatable bonds is 6. The molecule has 0 aromatic carbocycles. The average Bonchev–Trinajstić information content (AvgIpc) is 2.95. The summed E-state index contributed by atoms with van der Waals surface area (Å²) in [6, 6.07) is 0.398. The Morgan fingerprint density at radius 3 is 2.78 bits per heavy atom. The van der Waals surface area contributed by atoms with Gasteiger partial charge in [0.1, 0.15) is 5.01 Å². The number of aromatic nitrogens is 1. The molecule has 1 aliphatic rings. The summed E-state index contributed by atoms with van der Waals surface area (Å²) < 4.78 is 0. The van der Waals surface area contributed by atoms with Crippen LogP contribution in [0.15, 0.2) is 11.6 Å². The van der Waals surface area contributed by atoms with Gasteiger partial charge < -0.3 is 11.1 Å². The lowest BCUT2D eigenvalue weighted by Gasteiger charge is -2.37. The topological polar surface area (TPSA) is 50.9 Å². The zero-order valence-corrected chi connectivity index (χ0v) is 12.1. The molecule has 4 heteroatoms. The lowest BCUT2D eigenvalue weighted by atomic mass is 9.74. The van der Waals surface area contributed by atoms with Crippen LogP contribution >= 0.6 is 11.3 Å². The zero-order valence-electron chi connectivity index (χ0n) is 11.3. The summed E-state index contributed by atoms with van der Waals surface area (Å²) in [4.78, 5) is 4.42. The summed E-state index contributed by atoms with van der Waals surface area (Å²) in [7, 11) is 0. The molecule has 1 heterocycles. The van der Waals surface area contributed by atoms with E-state index in [4.69, 9.17) is 5.73 Å². The van der Waals surface area contributed by atoms with Gasteiger partial charge in [-0.3, -0.25) is 0 Å². The fraction of sp³-hybridized carbons (Fsp3) is 0.786. The molecule has 0 spiro atoms. The van der Waals surface area contributed by atoms with Gasteiger partial charge in [0.25, 0.3) is 0 Å². The quantitative estimate of drug-likeness (QED) is 0.832. The van der Waals surface area contributed by atoms with Gasteiger partial charge in [-0.25, -0.2) is 4.98 Å². The van der Waals surface area contributed by atoms with Crippen LogP contribution in [0.1, 0.15) is 56.5 Å². The van der Waals surface area contributed by atoms with Crippen LogP contribution < -0.4 is 11.1 Å². The molecule has 0 aliphatic heterocycles. The van der Waals surface area contributed by atoms with Crippen molar-refractivity contribution >= 4 is 11.3 Å². The van der Waals surface area contributed by atoms with E-state index in [0.29, 0.717) is 11.5 Å². The molecule has 1 aliphatic carbocycles. The monoisotopic (exact) mass is 267 g/mol. The van der Waals surface area contributed by atoms with Crippen molar-refractivity contribution in [2.45, 2.75) is 51.5 Å². The third kappa shape index (κ3) is 3.31. The number of nitrogens with one attached hydrogen (secondary N) is 1. The Morgan fingerprint density at radius 1 is 1.44 bits per heavy atom. The zero-order chi connectivity index (χ0) is 12.8. The molecule has 3 N–H and O–H groups in total. The maximum atomic E-state index is 6.03. The Morgan fingerprint density at radius 2 is 2.22 bits per heavy atom. The highest BCUT2D eigenvalue weighted by Crippen LogP contribution is 2.35. The van der Waals surface area contributed by atoms with Crippen LogP contribution in [0.4, 0.5) is 0 Å². The Bertz CT molecular complexity index is 331. The molecule has 0 amide bonds. The van der Waals surface area contributed by atoms with E-state index < -0.39 is 0 Å². The Balaban J connectivity index is 1.92. The first-order chi connectivity index (χ1) is 8.79. The molecular formula is C14H25N3S. The van der Waals surface area contributed by atoms with Gasteiger partial charge in [0.05, 0.1) is 6.04 Å². The van der Waals surface area contributed by atoms with Crippen molar-refractivity contribution in [1.82, 2.24) is 10.3 Å². The number of hydrogen-bond acceptors (Lipinski definition) is 4. The molecule has 1 atom stereocenters. The lowest BCUT2D eigenvalue weighted by molar-refractivity contribution is 0.184. The smallest absolute Gasteiger partial charge is 0.109 e. The van der Waals surface area contributed by atoms with Gasteiger partial charge in [-0.15, -0.1) is 11.3 Å². The minimum absolute atomic E-state index is 0.336. The van der Waals surface area contributed by atoms with Crippen LogP contribution in [0.25, 0.3) is 0 Å². The van der Waals surface area contributed by atoms with Crippen molar-refractivity contribution in [3.8, 4) is 0 Å². The first kappa shape index (κ1) is 14.0. The minimum Gasteiger partial charge on any atom is -0.330 e. The van der Waals surface area contributed by atoms with Crippen molar-refractivity contribution < 1.29 is 0 Å². The second-order valence-corrected chi connectivity index (χ2v) is 6.40. The summed E-state index contributed by atoms with van der Waals surface area (Å²) in [5.74, 6) is 0. The van der Waals surface area contributed by atoms with Gasteiger partial charge in [0, 0.05) is 18.1 Å². The predicted molar refractivity (Wildman–Crippen MR) is 77.7 cm³/mol. The van der Waals surface area contributed by atoms with Gasteiger partial charge in [0.2, 0.25) is 0 Å². The third-order valence-electron chi connectivity index (χ3n) is 4.23. The van der Waals surface area contributed by atoms with Crippen molar-refractivity contribution in [3.05, 3.63) is 16.6 Å². The van der Waals surface area contributed by atoms with E-state index in [9.17, 15) is 0 Å². The van der Waals surface area contributed by atoms with Crippen LogP contribution in [0.3, 0.4) is 0 Å². The van der Waals surface area contributed by atoms with E-state index in [-0.39, 0.29) is 0 Å². The Labute approximate surface area is 114 Å². The first-order valence-corrected chi connectivity index (χ1v) is 8.00. The summed E-state index contributed by atoms with van der Waals surface area (Å²) >= 11 is 1.74. The standard InChI is InChI=1S/C14H25N3S/c1-2-12(13-16-8-9-18-13)17-11-14(10-15)6-4-3-5-7-14/h8-9,12,17H,2-7,10-11,15H2,1H3. The highest BCUT2D eigenvalue weighted by Gasteiger charge is 2.31. The first-order valence-electron chi connectivity index (χ1n) is 7.12. The highest BCUT2D eigenvalue weighted by molar-refractivity contribution is 7.09. The molecule has 1 unspecified atom stereocenters. The third-order valence-corrected chi connectivity index (χ3v) is 5.12. The average molecular weight is 267 g/mol. The van der Waals surface area contributed by atoms with Gasteiger partial charge >= 0.3 is 0 Å². The van der Waals surface area contributed by atoms with Crippen molar-refractivity contribution in [1.29, 1.82) is 0 Å². The van der Waals surface area contributed by atoms with Crippen LogP contribution in [0.2, 0.25) is 0 Å². The number of nitrogens with zero attached hydrogens (tertiary/aromatic N) is 1. The molecule has 18 heavy (non-hydrogen) atoms. The molecular weight excluding hydrogens is 242 g/mol. The molecule has 1 saturated carbocycles. The van der Waals surface area contributed by atoms with E-state index >= 15 is 0 Å². The SMILES string of the molecule is CCC(NCC1(CN)CCCCC1)c1nccs1. The fourth-order valence-electron chi connectivity index (χ4n) is 2.91.